The monoisotopic (exact) mass is 406 g/mol. The highest BCUT2D eigenvalue weighted by atomic mass is 16.4. The third-order valence-corrected chi connectivity index (χ3v) is 6.21. The Morgan fingerprint density at radius 2 is 1.93 bits per heavy atom. The van der Waals surface area contributed by atoms with Crippen molar-refractivity contribution in [1.29, 1.82) is 0 Å². The minimum absolute atomic E-state index is 0.171. The molecule has 1 saturated heterocycles. The van der Waals surface area contributed by atoms with E-state index in [1.54, 1.807) is 0 Å². The van der Waals surface area contributed by atoms with Crippen LogP contribution in [-0.2, 0) is 4.79 Å². The summed E-state index contributed by atoms with van der Waals surface area (Å²) in [6.07, 6.45) is 6.05. The highest BCUT2D eigenvalue weighted by molar-refractivity contribution is 5.77. The van der Waals surface area contributed by atoms with Crippen LogP contribution < -0.4 is 15.5 Å². The maximum atomic E-state index is 11.3. The Kier molecular flexibility index (Phi) is 5.00. The van der Waals surface area contributed by atoms with Gasteiger partial charge in [0.25, 0.3) is 0 Å². The Balaban J connectivity index is 1.33. The van der Waals surface area contributed by atoms with E-state index in [1.165, 1.54) is 5.69 Å². The molecular formula is C22H26N6O2. The number of fused-ring (bicyclic) bond motifs is 1. The molecule has 8 heteroatoms. The van der Waals surface area contributed by atoms with Gasteiger partial charge in [0.2, 0.25) is 5.95 Å². The lowest BCUT2D eigenvalue weighted by atomic mass is 10.1. The molecule has 1 unspecified atom stereocenters. The zero-order chi connectivity index (χ0) is 20.5. The number of carbonyl (C=O) groups is 1. The molecule has 2 fully saturated rings. The van der Waals surface area contributed by atoms with E-state index < -0.39 is 5.97 Å². The number of benzene rings is 1. The molecule has 8 nitrogen and oxygen atoms in total. The van der Waals surface area contributed by atoms with Crippen molar-refractivity contribution in [2.24, 2.45) is 5.92 Å². The normalized spacial score (nSPS) is 21.8. The maximum absolute atomic E-state index is 11.3. The fourth-order valence-corrected chi connectivity index (χ4v) is 4.53. The quantitative estimate of drug-likeness (QED) is 0.599. The molecule has 0 radical (unpaired) electrons. The lowest BCUT2D eigenvalue weighted by molar-refractivity contribution is -0.141. The molecule has 156 valence electrons. The molecule has 0 spiro atoms. The SMILES string of the molecule is O=C(O)[C@@H]1CCC(n2ccc3cnc(Nc4ccc(N5CCNCC5)cc4)nc32)C1. The molecule has 1 aliphatic heterocycles. The predicted molar refractivity (Wildman–Crippen MR) is 116 cm³/mol. The van der Waals surface area contributed by atoms with Crippen molar-refractivity contribution < 1.29 is 9.90 Å². The summed E-state index contributed by atoms with van der Waals surface area (Å²) in [6.45, 7) is 4.07. The molecule has 0 amide bonds. The van der Waals surface area contributed by atoms with E-state index in [9.17, 15) is 9.90 Å². The Morgan fingerprint density at radius 1 is 1.13 bits per heavy atom. The van der Waals surface area contributed by atoms with E-state index in [2.05, 4.69) is 49.4 Å². The van der Waals surface area contributed by atoms with Gasteiger partial charge >= 0.3 is 5.97 Å². The van der Waals surface area contributed by atoms with Crippen molar-refractivity contribution in [3.63, 3.8) is 0 Å². The molecular weight excluding hydrogens is 380 g/mol. The number of aromatic nitrogens is 3. The molecule has 1 saturated carbocycles. The van der Waals surface area contributed by atoms with Gasteiger partial charge in [-0.15, -0.1) is 0 Å². The number of hydrogen-bond acceptors (Lipinski definition) is 6. The van der Waals surface area contributed by atoms with E-state index in [0.29, 0.717) is 12.4 Å². The number of anilines is 3. The fourth-order valence-electron chi connectivity index (χ4n) is 4.53. The van der Waals surface area contributed by atoms with Gasteiger partial charge in [-0.1, -0.05) is 0 Å². The topological polar surface area (TPSA) is 95.3 Å². The molecule has 3 aromatic rings. The summed E-state index contributed by atoms with van der Waals surface area (Å²) in [7, 11) is 0. The van der Waals surface area contributed by atoms with Crippen molar-refractivity contribution in [2.75, 3.05) is 36.4 Å². The number of piperazine rings is 1. The number of carboxylic acids is 1. The van der Waals surface area contributed by atoms with Crippen LogP contribution in [0, 0.1) is 5.92 Å². The van der Waals surface area contributed by atoms with Gasteiger partial charge in [-0.05, 0) is 49.6 Å². The minimum atomic E-state index is -0.699. The zero-order valence-corrected chi connectivity index (χ0v) is 16.8. The van der Waals surface area contributed by atoms with Crippen LogP contribution >= 0.6 is 0 Å². The average molecular weight is 406 g/mol. The molecule has 1 aromatic carbocycles. The standard InChI is InChI=1S/C22H26N6O2/c29-21(30)15-1-4-19(13-15)28-10-7-16-14-24-22(26-20(16)28)25-17-2-5-18(6-3-17)27-11-8-23-9-12-27/h2-3,5-7,10,14-15,19,23H,1,4,8-9,11-13H2,(H,29,30)(H,24,25,26)/t15-,19?/m1/s1. The van der Waals surface area contributed by atoms with Gasteiger partial charge in [0.15, 0.2) is 0 Å². The van der Waals surface area contributed by atoms with Gasteiger partial charge in [-0.2, -0.15) is 4.98 Å². The van der Waals surface area contributed by atoms with Crippen LogP contribution in [0.2, 0.25) is 0 Å². The minimum Gasteiger partial charge on any atom is -0.481 e. The number of rotatable bonds is 5. The van der Waals surface area contributed by atoms with Gasteiger partial charge in [0, 0.05) is 61.4 Å². The molecule has 5 rings (SSSR count). The number of nitrogens with zero attached hydrogens (tertiary/aromatic N) is 4. The zero-order valence-electron chi connectivity index (χ0n) is 16.8. The lowest BCUT2D eigenvalue weighted by Gasteiger charge is -2.29. The third kappa shape index (κ3) is 3.70. The van der Waals surface area contributed by atoms with Crippen molar-refractivity contribution >= 4 is 34.3 Å². The fraction of sp³-hybridized carbons (Fsp3) is 0.409. The first-order valence-electron chi connectivity index (χ1n) is 10.6. The highest BCUT2D eigenvalue weighted by Crippen LogP contribution is 2.36. The molecule has 30 heavy (non-hydrogen) atoms. The van der Waals surface area contributed by atoms with E-state index in [-0.39, 0.29) is 12.0 Å². The molecule has 2 aromatic heterocycles. The number of carboxylic acid groups (broad SMARTS) is 1. The first-order chi connectivity index (χ1) is 14.7. The van der Waals surface area contributed by atoms with Gasteiger partial charge in [0.1, 0.15) is 5.65 Å². The van der Waals surface area contributed by atoms with Gasteiger partial charge in [-0.25, -0.2) is 4.98 Å². The number of nitrogens with one attached hydrogen (secondary N) is 2. The van der Waals surface area contributed by atoms with Gasteiger partial charge < -0.3 is 25.2 Å². The van der Waals surface area contributed by atoms with Crippen molar-refractivity contribution in [3.05, 3.63) is 42.7 Å². The average Bonchev–Trinajstić information content (AvgIpc) is 3.42. The third-order valence-electron chi connectivity index (χ3n) is 6.21. The summed E-state index contributed by atoms with van der Waals surface area (Å²) in [6, 6.07) is 10.5. The second kappa shape index (κ2) is 7.95. The van der Waals surface area contributed by atoms with E-state index in [4.69, 9.17) is 4.98 Å². The molecule has 1 aliphatic carbocycles. The second-order valence-corrected chi connectivity index (χ2v) is 8.11. The molecule has 2 aliphatic rings. The predicted octanol–water partition coefficient (Wildman–Crippen LogP) is 3.01. The Labute approximate surface area is 174 Å². The summed E-state index contributed by atoms with van der Waals surface area (Å²) in [5.41, 5.74) is 3.01. The highest BCUT2D eigenvalue weighted by Gasteiger charge is 2.31. The summed E-state index contributed by atoms with van der Waals surface area (Å²) in [4.78, 5) is 22.9. The van der Waals surface area contributed by atoms with Crippen LogP contribution in [0.1, 0.15) is 25.3 Å². The first-order valence-corrected chi connectivity index (χ1v) is 10.6. The molecule has 0 bridgehead atoms. The van der Waals surface area contributed by atoms with Crippen LogP contribution in [0.4, 0.5) is 17.3 Å². The van der Waals surface area contributed by atoms with Gasteiger partial charge in [0.05, 0.1) is 5.92 Å². The van der Waals surface area contributed by atoms with E-state index in [1.807, 2.05) is 18.5 Å². The number of aliphatic carboxylic acids is 1. The largest absolute Gasteiger partial charge is 0.481 e. The van der Waals surface area contributed by atoms with Gasteiger partial charge in [-0.3, -0.25) is 4.79 Å². The van der Waals surface area contributed by atoms with Crippen LogP contribution in [0.5, 0.6) is 0 Å². The molecule has 2 atom stereocenters. The lowest BCUT2D eigenvalue weighted by Crippen LogP contribution is -2.43. The van der Waals surface area contributed by atoms with Crippen molar-refractivity contribution in [3.8, 4) is 0 Å². The number of hydrogen-bond donors (Lipinski definition) is 3. The van der Waals surface area contributed by atoms with E-state index in [0.717, 1.165) is 55.7 Å². The summed E-state index contributed by atoms with van der Waals surface area (Å²) in [5, 5.41) is 16.9. The van der Waals surface area contributed by atoms with Crippen LogP contribution in [0.25, 0.3) is 11.0 Å². The van der Waals surface area contributed by atoms with Crippen molar-refractivity contribution in [1.82, 2.24) is 19.9 Å². The Bertz CT molecular complexity index is 1040. The summed E-state index contributed by atoms with van der Waals surface area (Å²) >= 11 is 0. The first kappa shape index (κ1) is 18.9. The van der Waals surface area contributed by atoms with Crippen LogP contribution in [0.15, 0.2) is 42.7 Å². The maximum Gasteiger partial charge on any atom is 0.306 e. The Hall–Kier alpha value is -3.13. The smallest absolute Gasteiger partial charge is 0.306 e. The van der Waals surface area contributed by atoms with E-state index >= 15 is 0 Å². The van der Waals surface area contributed by atoms with Crippen LogP contribution in [-0.4, -0.2) is 51.8 Å². The summed E-state index contributed by atoms with van der Waals surface area (Å²) < 4.78 is 2.11. The Morgan fingerprint density at radius 3 is 2.67 bits per heavy atom. The summed E-state index contributed by atoms with van der Waals surface area (Å²) in [5.74, 6) is -0.415. The second-order valence-electron chi connectivity index (χ2n) is 8.11. The van der Waals surface area contributed by atoms with Crippen LogP contribution in [0.3, 0.4) is 0 Å². The molecule has 3 heterocycles. The van der Waals surface area contributed by atoms with Crippen molar-refractivity contribution in [2.45, 2.75) is 25.3 Å². The molecule has 3 N–H and O–H groups in total.